The number of rotatable bonds is 4. The molecule has 0 aliphatic carbocycles. The predicted octanol–water partition coefficient (Wildman–Crippen LogP) is 5.11. The molecule has 0 radical (unpaired) electrons. The van der Waals surface area contributed by atoms with Crippen LogP contribution in [0.1, 0.15) is 24.5 Å². The van der Waals surface area contributed by atoms with E-state index in [1.807, 2.05) is 0 Å². The molecule has 0 bridgehead atoms. The Balaban J connectivity index is 2.04. The van der Waals surface area contributed by atoms with Crippen molar-refractivity contribution in [1.82, 2.24) is 4.57 Å². The summed E-state index contributed by atoms with van der Waals surface area (Å²) in [6.07, 6.45) is 7.76. The van der Waals surface area contributed by atoms with Crippen LogP contribution in [0.25, 0.3) is 17.0 Å². The molecule has 0 fully saturated rings. The molecule has 2 aromatic carbocycles. The van der Waals surface area contributed by atoms with Gasteiger partial charge in [-0.2, -0.15) is 0 Å². The monoisotopic (exact) mass is 261 g/mol. The lowest BCUT2D eigenvalue weighted by Gasteiger charge is -2.05. The molecule has 1 nitrogen and oxygen atoms in total. The van der Waals surface area contributed by atoms with Crippen molar-refractivity contribution in [2.45, 2.75) is 19.9 Å². The van der Waals surface area contributed by atoms with E-state index in [-0.39, 0.29) is 0 Å². The minimum Gasteiger partial charge on any atom is -0.342 e. The van der Waals surface area contributed by atoms with Gasteiger partial charge in [-0.05, 0) is 23.6 Å². The molecule has 1 heteroatoms. The number of allylic oxidation sites excluding steroid dienone is 1. The summed E-state index contributed by atoms with van der Waals surface area (Å²) >= 11 is 0. The van der Waals surface area contributed by atoms with Gasteiger partial charge in [0.1, 0.15) is 0 Å². The van der Waals surface area contributed by atoms with Gasteiger partial charge in [-0.15, -0.1) is 0 Å². The second kappa shape index (κ2) is 5.79. The van der Waals surface area contributed by atoms with Gasteiger partial charge in [-0.1, -0.05) is 67.6 Å². The molecule has 1 heterocycles. The topological polar surface area (TPSA) is 4.93 Å². The Morgan fingerprint density at radius 3 is 2.50 bits per heavy atom. The van der Waals surface area contributed by atoms with E-state index in [2.05, 4.69) is 84.4 Å². The van der Waals surface area contributed by atoms with Crippen molar-refractivity contribution in [2.75, 3.05) is 0 Å². The Kier molecular flexibility index (Phi) is 3.69. The highest BCUT2D eigenvalue weighted by atomic mass is 15.0. The van der Waals surface area contributed by atoms with Gasteiger partial charge >= 0.3 is 0 Å². The summed E-state index contributed by atoms with van der Waals surface area (Å²) in [6, 6.07) is 19.2. The van der Waals surface area contributed by atoms with Gasteiger partial charge in [0.05, 0.1) is 0 Å². The highest BCUT2D eigenvalue weighted by molar-refractivity contribution is 5.89. The summed E-state index contributed by atoms with van der Waals surface area (Å²) in [5.74, 6) is 0. The average Bonchev–Trinajstić information content (AvgIpc) is 2.85. The normalized spacial score (nSPS) is 11.4. The molecule has 0 N–H and O–H groups in total. The number of para-hydroxylation sites is 1. The van der Waals surface area contributed by atoms with Crippen molar-refractivity contribution in [3.8, 4) is 0 Å². The third-order valence-electron chi connectivity index (χ3n) is 3.55. The lowest BCUT2D eigenvalue weighted by atomic mass is 10.1. The Hall–Kier alpha value is -2.28. The predicted molar refractivity (Wildman–Crippen MR) is 86.8 cm³/mol. The highest BCUT2D eigenvalue weighted by Gasteiger charge is 2.05. The molecule has 0 amide bonds. The first-order chi connectivity index (χ1) is 9.88. The second-order valence-corrected chi connectivity index (χ2v) is 5.03. The maximum absolute atomic E-state index is 2.33. The van der Waals surface area contributed by atoms with Crippen molar-refractivity contribution >= 4 is 17.0 Å². The molecule has 0 aliphatic heterocycles. The zero-order chi connectivity index (χ0) is 13.8. The first-order valence-electron chi connectivity index (χ1n) is 7.17. The number of benzene rings is 2. The van der Waals surface area contributed by atoms with Crippen molar-refractivity contribution in [1.29, 1.82) is 0 Å². The molecule has 0 atom stereocenters. The number of nitrogens with zero attached hydrogens (tertiary/aromatic N) is 1. The smallest absolute Gasteiger partial charge is 0.0489 e. The first-order valence-corrected chi connectivity index (χ1v) is 7.17. The van der Waals surface area contributed by atoms with Crippen LogP contribution in [0, 0.1) is 0 Å². The average molecular weight is 261 g/mol. The van der Waals surface area contributed by atoms with Crippen LogP contribution in [0.15, 0.2) is 66.9 Å². The fraction of sp³-hybridized carbons (Fsp3) is 0.158. The van der Waals surface area contributed by atoms with Crippen LogP contribution in [0.3, 0.4) is 0 Å². The number of fused-ring (bicyclic) bond motifs is 1. The van der Waals surface area contributed by atoms with Gasteiger partial charge in [-0.25, -0.2) is 0 Å². The molecule has 0 saturated heterocycles. The van der Waals surface area contributed by atoms with E-state index in [1.165, 1.54) is 22.0 Å². The van der Waals surface area contributed by atoms with Crippen LogP contribution in [0.4, 0.5) is 0 Å². The Labute approximate surface area is 120 Å². The summed E-state index contributed by atoms with van der Waals surface area (Å²) < 4.78 is 2.33. The van der Waals surface area contributed by atoms with E-state index in [1.54, 1.807) is 0 Å². The SMILES string of the molecule is CC/C=C/c1cn(Cc2ccccc2)c2ccccc12. The molecular formula is C19H19N. The van der Waals surface area contributed by atoms with Gasteiger partial charge < -0.3 is 4.57 Å². The third kappa shape index (κ3) is 2.53. The molecule has 0 aliphatic rings. The lowest BCUT2D eigenvalue weighted by Crippen LogP contribution is -1.97. The van der Waals surface area contributed by atoms with Gasteiger partial charge in [0.25, 0.3) is 0 Å². The van der Waals surface area contributed by atoms with E-state index in [9.17, 15) is 0 Å². The summed E-state index contributed by atoms with van der Waals surface area (Å²) in [7, 11) is 0. The van der Waals surface area contributed by atoms with Crippen LogP contribution in [-0.4, -0.2) is 4.57 Å². The number of hydrogen-bond acceptors (Lipinski definition) is 0. The first kappa shape index (κ1) is 12.7. The minimum atomic E-state index is 0.918. The van der Waals surface area contributed by atoms with E-state index < -0.39 is 0 Å². The summed E-state index contributed by atoms with van der Waals surface area (Å²) in [4.78, 5) is 0. The van der Waals surface area contributed by atoms with Crippen LogP contribution in [0.5, 0.6) is 0 Å². The molecule has 1 aromatic heterocycles. The largest absolute Gasteiger partial charge is 0.342 e. The standard InChI is InChI=1S/C19H19N/c1-2-3-11-17-15-20(14-16-9-5-4-6-10-16)19-13-8-7-12-18(17)19/h3-13,15H,2,14H2,1H3/b11-3+. The van der Waals surface area contributed by atoms with Crippen molar-refractivity contribution in [3.63, 3.8) is 0 Å². The molecule has 3 rings (SSSR count). The minimum absolute atomic E-state index is 0.918. The van der Waals surface area contributed by atoms with Gasteiger partial charge in [0.2, 0.25) is 0 Å². The second-order valence-electron chi connectivity index (χ2n) is 5.03. The van der Waals surface area contributed by atoms with Crippen LogP contribution >= 0.6 is 0 Å². The van der Waals surface area contributed by atoms with E-state index in [0.29, 0.717) is 0 Å². The quantitative estimate of drug-likeness (QED) is 0.615. The zero-order valence-corrected chi connectivity index (χ0v) is 11.8. The van der Waals surface area contributed by atoms with Gasteiger partial charge in [-0.3, -0.25) is 0 Å². The maximum atomic E-state index is 2.33. The molecule has 0 saturated carbocycles. The van der Waals surface area contributed by atoms with Crippen LogP contribution in [0.2, 0.25) is 0 Å². The summed E-state index contributed by atoms with van der Waals surface area (Å²) in [5, 5.41) is 1.33. The molecular weight excluding hydrogens is 242 g/mol. The maximum Gasteiger partial charge on any atom is 0.0489 e. The van der Waals surface area contributed by atoms with Gasteiger partial charge in [0.15, 0.2) is 0 Å². The van der Waals surface area contributed by atoms with E-state index in [4.69, 9.17) is 0 Å². The van der Waals surface area contributed by atoms with E-state index >= 15 is 0 Å². The fourth-order valence-electron chi connectivity index (χ4n) is 2.56. The zero-order valence-electron chi connectivity index (χ0n) is 11.8. The van der Waals surface area contributed by atoms with Crippen LogP contribution in [-0.2, 0) is 6.54 Å². The van der Waals surface area contributed by atoms with Crippen molar-refractivity contribution in [3.05, 3.63) is 78.0 Å². The Bertz CT molecular complexity index is 720. The molecule has 0 unspecified atom stereocenters. The Morgan fingerprint density at radius 1 is 0.950 bits per heavy atom. The van der Waals surface area contributed by atoms with Crippen molar-refractivity contribution in [2.24, 2.45) is 0 Å². The van der Waals surface area contributed by atoms with Crippen molar-refractivity contribution < 1.29 is 0 Å². The van der Waals surface area contributed by atoms with E-state index in [0.717, 1.165) is 13.0 Å². The number of hydrogen-bond donors (Lipinski definition) is 0. The van der Waals surface area contributed by atoms with Gasteiger partial charge in [0, 0.05) is 23.6 Å². The molecule has 100 valence electrons. The molecule has 20 heavy (non-hydrogen) atoms. The summed E-state index contributed by atoms with van der Waals surface area (Å²) in [6.45, 7) is 3.08. The fourth-order valence-corrected chi connectivity index (χ4v) is 2.56. The van der Waals surface area contributed by atoms with Crippen LogP contribution < -0.4 is 0 Å². The summed E-state index contributed by atoms with van der Waals surface area (Å²) in [5.41, 5.74) is 3.93. The lowest BCUT2D eigenvalue weighted by molar-refractivity contribution is 0.836. The third-order valence-corrected chi connectivity index (χ3v) is 3.55. The highest BCUT2D eigenvalue weighted by Crippen LogP contribution is 2.23. The number of aromatic nitrogens is 1. The molecule has 3 aromatic rings. The molecule has 0 spiro atoms. The Morgan fingerprint density at radius 2 is 1.70 bits per heavy atom.